The molecule has 0 saturated heterocycles. The lowest BCUT2D eigenvalue weighted by Crippen LogP contribution is -2.06. The summed E-state index contributed by atoms with van der Waals surface area (Å²) in [6.07, 6.45) is -3.83. The SMILES string of the molecule is O=C(O)c1nn2cc(C(F)(F)F)ccc2c1Cl. The van der Waals surface area contributed by atoms with Crippen LogP contribution < -0.4 is 0 Å². The number of pyridine rings is 1. The topological polar surface area (TPSA) is 54.6 Å². The summed E-state index contributed by atoms with van der Waals surface area (Å²) in [5.74, 6) is -1.40. The third-order valence-corrected chi connectivity index (χ3v) is 2.47. The number of alkyl halides is 3. The molecule has 0 aliphatic heterocycles. The summed E-state index contributed by atoms with van der Waals surface area (Å²) >= 11 is 5.67. The molecule has 0 amide bonds. The molecule has 1 N–H and O–H groups in total. The van der Waals surface area contributed by atoms with Gasteiger partial charge in [0.1, 0.15) is 5.02 Å². The number of carbonyl (C=O) groups is 1. The molecule has 0 unspecified atom stereocenters. The van der Waals surface area contributed by atoms with Crippen molar-refractivity contribution in [3.05, 3.63) is 34.6 Å². The summed E-state index contributed by atoms with van der Waals surface area (Å²) in [7, 11) is 0. The number of aromatic carboxylic acids is 1. The first-order valence-corrected chi connectivity index (χ1v) is 4.67. The molecule has 0 aromatic carbocycles. The van der Waals surface area contributed by atoms with Crippen LogP contribution in [0.2, 0.25) is 5.02 Å². The average molecular weight is 265 g/mol. The minimum atomic E-state index is -4.52. The van der Waals surface area contributed by atoms with Gasteiger partial charge in [-0.3, -0.25) is 0 Å². The molecule has 4 nitrogen and oxygen atoms in total. The Morgan fingerprint density at radius 3 is 2.59 bits per heavy atom. The Kier molecular flexibility index (Phi) is 2.50. The molecule has 8 heteroatoms. The van der Waals surface area contributed by atoms with Crippen LogP contribution >= 0.6 is 11.6 Å². The van der Waals surface area contributed by atoms with Crippen molar-refractivity contribution in [1.29, 1.82) is 0 Å². The molecule has 2 aromatic heterocycles. The van der Waals surface area contributed by atoms with Gasteiger partial charge in [-0.1, -0.05) is 11.6 Å². The van der Waals surface area contributed by atoms with Crippen molar-refractivity contribution in [3.8, 4) is 0 Å². The maximum absolute atomic E-state index is 12.4. The molecule has 90 valence electrons. The number of carboxylic acids is 1. The van der Waals surface area contributed by atoms with Crippen molar-refractivity contribution in [1.82, 2.24) is 9.61 Å². The Bertz CT molecular complexity index is 606. The lowest BCUT2D eigenvalue weighted by atomic mass is 10.2. The summed E-state index contributed by atoms with van der Waals surface area (Å²) in [5.41, 5.74) is -1.30. The summed E-state index contributed by atoms with van der Waals surface area (Å²) in [5, 5.41) is 12.0. The van der Waals surface area contributed by atoms with Crippen LogP contribution in [-0.2, 0) is 6.18 Å². The van der Waals surface area contributed by atoms with E-state index >= 15 is 0 Å². The minimum Gasteiger partial charge on any atom is -0.476 e. The second-order valence-corrected chi connectivity index (χ2v) is 3.59. The summed E-state index contributed by atoms with van der Waals surface area (Å²) < 4.78 is 38.0. The smallest absolute Gasteiger partial charge is 0.417 e. The fourth-order valence-corrected chi connectivity index (χ4v) is 1.59. The van der Waals surface area contributed by atoms with Crippen LogP contribution in [0.25, 0.3) is 5.52 Å². The van der Waals surface area contributed by atoms with Crippen molar-refractivity contribution in [2.75, 3.05) is 0 Å². The molecule has 0 atom stereocenters. The Hall–Kier alpha value is -1.76. The Labute approximate surface area is 97.2 Å². The van der Waals surface area contributed by atoms with Gasteiger partial charge in [0.25, 0.3) is 0 Å². The first-order valence-electron chi connectivity index (χ1n) is 4.29. The molecule has 2 heterocycles. The van der Waals surface area contributed by atoms with E-state index in [2.05, 4.69) is 5.10 Å². The highest BCUT2D eigenvalue weighted by Crippen LogP contribution is 2.31. The third kappa shape index (κ3) is 1.93. The first kappa shape index (κ1) is 11.7. The molecule has 0 aliphatic carbocycles. The van der Waals surface area contributed by atoms with Crippen molar-refractivity contribution in [2.24, 2.45) is 0 Å². The van der Waals surface area contributed by atoms with Gasteiger partial charge in [-0.25, -0.2) is 9.31 Å². The standard InChI is InChI=1S/C9H4ClF3N2O2/c10-6-5-2-1-4(9(11,12)13)3-15(5)14-7(6)8(16)17/h1-3H,(H,16,17). The van der Waals surface area contributed by atoms with Crippen molar-refractivity contribution in [2.45, 2.75) is 6.18 Å². The normalized spacial score (nSPS) is 12.0. The Morgan fingerprint density at radius 2 is 2.06 bits per heavy atom. The second kappa shape index (κ2) is 3.63. The second-order valence-electron chi connectivity index (χ2n) is 3.21. The van der Waals surface area contributed by atoms with Gasteiger partial charge in [0.15, 0.2) is 5.69 Å². The zero-order valence-corrected chi connectivity index (χ0v) is 8.75. The lowest BCUT2D eigenvalue weighted by Gasteiger charge is -2.05. The maximum Gasteiger partial charge on any atom is 0.417 e. The van der Waals surface area contributed by atoms with Gasteiger partial charge in [-0.2, -0.15) is 18.3 Å². The molecule has 0 bridgehead atoms. The van der Waals surface area contributed by atoms with Crippen LogP contribution in [0, 0.1) is 0 Å². The monoisotopic (exact) mass is 264 g/mol. The Balaban J connectivity index is 2.68. The fraction of sp³-hybridized carbons (Fsp3) is 0.111. The maximum atomic E-state index is 12.4. The highest BCUT2D eigenvalue weighted by molar-refractivity contribution is 6.36. The van der Waals surface area contributed by atoms with Crippen LogP contribution in [0.15, 0.2) is 18.3 Å². The molecule has 0 spiro atoms. The zero-order chi connectivity index (χ0) is 12.8. The van der Waals surface area contributed by atoms with E-state index in [9.17, 15) is 18.0 Å². The molecule has 0 radical (unpaired) electrons. The van der Waals surface area contributed by atoms with Gasteiger partial charge < -0.3 is 5.11 Å². The van der Waals surface area contributed by atoms with Crippen LogP contribution in [0.3, 0.4) is 0 Å². The quantitative estimate of drug-likeness (QED) is 0.861. The molecular weight excluding hydrogens is 261 g/mol. The van der Waals surface area contributed by atoms with Crippen molar-refractivity contribution in [3.63, 3.8) is 0 Å². The van der Waals surface area contributed by atoms with E-state index in [1.807, 2.05) is 0 Å². The van der Waals surface area contributed by atoms with Crippen molar-refractivity contribution >= 4 is 23.1 Å². The van der Waals surface area contributed by atoms with Gasteiger partial charge in [0.2, 0.25) is 0 Å². The number of carboxylic acid groups (broad SMARTS) is 1. The van der Waals surface area contributed by atoms with Gasteiger partial charge in [-0.05, 0) is 12.1 Å². The highest BCUT2D eigenvalue weighted by Gasteiger charge is 2.31. The first-order chi connectivity index (χ1) is 7.80. The van der Waals surface area contributed by atoms with E-state index < -0.39 is 23.4 Å². The van der Waals surface area contributed by atoms with Gasteiger partial charge in [0.05, 0.1) is 11.1 Å². The van der Waals surface area contributed by atoms with E-state index in [-0.39, 0.29) is 10.5 Å². The summed E-state index contributed by atoms with van der Waals surface area (Å²) in [6.45, 7) is 0. The van der Waals surface area contributed by atoms with Gasteiger partial charge >= 0.3 is 12.1 Å². The number of rotatable bonds is 1. The number of aromatic nitrogens is 2. The molecule has 2 aromatic rings. The molecule has 17 heavy (non-hydrogen) atoms. The molecule has 0 saturated carbocycles. The average Bonchev–Trinajstić information content (AvgIpc) is 2.54. The number of nitrogens with zero attached hydrogens (tertiary/aromatic N) is 2. The highest BCUT2D eigenvalue weighted by atomic mass is 35.5. The van der Waals surface area contributed by atoms with E-state index in [4.69, 9.17) is 16.7 Å². The predicted molar refractivity (Wildman–Crippen MR) is 52.2 cm³/mol. The van der Waals surface area contributed by atoms with Crippen molar-refractivity contribution < 1.29 is 23.1 Å². The third-order valence-electron chi connectivity index (χ3n) is 2.10. The molecule has 0 aliphatic rings. The zero-order valence-electron chi connectivity index (χ0n) is 7.99. The lowest BCUT2D eigenvalue weighted by molar-refractivity contribution is -0.137. The van der Waals surface area contributed by atoms with E-state index in [0.29, 0.717) is 6.20 Å². The molecular formula is C9H4ClF3N2O2. The summed E-state index contributed by atoms with van der Waals surface area (Å²) in [4.78, 5) is 10.7. The number of fused-ring (bicyclic) bond motifs is 1. The number of hydrogen-bond acceptors (Lipinski definition) is 2. The van der Waals surface area contributed by atoms with Crippen LogP contribution in [0.5, 0.6) is 0 Å². The number of hydrogen-bond donors (Lipinski definition) is 1. The Morgan fingerprint density at radius 1 is 1.41 bits per heavy atom. The van der Waals surface area contributed by atoms with E-state index in [0.717, 1.165) is 16.6 Å². The molecule has 2 rings (SSSR count). The summed E-state index contributed by atoms with van der Waals surface area (Å²) in [6, 6.07) is 1.89. The van der Waals surface area contributed by atoms with E-state index in [1.54, 1.807) is 0 Å². The largest absolute Gasteiger partial charge is 0.476 e. The fourth-order valence-electron chi connectivity index (χ4n) is 1.32. The van der Waals surface area contributed by atoms with Crippen LogP contribution in [0.1, 0.15) is 16.1 Å². The van der Waals surface area contributed by atoms with Gasteiger partial charge in [-0.15, -0.1) is 0 Å². The predicted octanol–water partition coefficient (Wildman–Crippen LogP) is 2.70. The van der Waals surface area contributed by atoms with Crippen LogP contribution in [0.4, 0.5) is 13.2 Å². The van der Waals surface area contributed by atoms with Gasteiger partial charge in [0, 0.05) is 6.20 Å². The minimum absolute atomic E-state index is 0.108. The number of halogens is 4. The van der Waals surface area contributed by atoms with E-state index in [1.165, 1.54) is 0 Å². The van der Waals surface area contributed by atoms with Crippen LogP contribution in [-0.4, -0.2) is 20.7 Å². The molecule has 0 fully saturated rings.